The molecule has 0 saturated carbocycles. The summed E-state index contributed by atoms with van der Waals surface area (Å²) in [6.07, 6.45) is 0.971. The van der Waals surface area contributed by atoms with Gasteiger partial charge in [0.05, 0.1) is 5.75 Å². The molecule has 2 heterocycles. The molecule has 0 aliphatic rings. The van der Waals surface area contributed by atoms with Crippen molar-refractivity contribution in [2.24, 2.45) is 0 Å². The Morgan fingerprint density at radius 2 is 2.04 bits per heavy atom. The van der Waals surface area contributed by atoms with Crippen LogP contribution in [-0.4, -0.2) is 26.6 Å². The monoisotopic (exact) mass is 370 g/mol. The van der Waals surface area contributed by atoms with Gasteiger partial charge >= 0.3 is 0 Å². The van der Waals surface area contributed by atoms with E-state index in [0.29, 0.717) is 17.4 Å². The average Bonchev–Trinajstić information content (AvgIpc) is 2.93. The maximum Gasteiger partial charge on any atom is 0.251 e. The van der Waals surface area contributed by atoms with Crippen molar-refractivity contribution in [3.05, 3.63) is 57.1 Å². The number of nitrogens with zero attached hydrogens (tertiary/aromatic N) is 1. The molecule has 0 unspecified atom stereocenters. The third-order valence-corrected chi connectivity index (χ3v) is 5.13. The first kappa shape index (κ1) is 18.3. The maximum atomic E-state index is 12.1. The van der Waals surface area contributed by atoms with Crippen molar-refractivity contribution in [2.75, 3.05) is 5.75 Å². The summed E-state index contributed by atoms with van der Waals surface area (Å²) in [5, 5.41) is 4.57. The molecule has 0 spiro atoms. The molecule has 3 N–H and O–H groups in total. The van der Waals surface area contributed by atoms with E-state index >= 15 is 0 Å². The van der Waals surface area contributed by atoms with E-state index in [1.165, 1.54) is 34.5 Å². The van der Waals surface area contributed by atoms with Crippen LogP contribution < -0.4 is 10.9 Å². The molecule has 3 aromatic rings. The normalized spacial score (nSPS) is 11.0. The number of carbonyl (C=O) groups is 1. The summed E-state index contributed by atoms with van der Waals surface area (Å²) >= 11 is 1.22. The van der Waals surface area contributed by atoms with Crippen LogP contribution in [-0.2, 0) is 17.8 Å². The average molecular weight is 370 g/mol. The minimum Gasteiger partial charge on any atom is -0.358 e. The van der Waals surface area contributed by atoms with E-state index < -0.39 is 0 Å². The number of fused-ring (bicyclic) bond motifs is 1. The van der Waals surface area contributed by atoms with Gasteiger partial charge in [-0.3, -0.25) is 9.59 Å². The SMILES string of the molecule is CCc1[nH]c2ccc(CNC(=O)CSc3nc(C)cc(=O)[nH]3)cc2c1C. The fraction of sp³-hybridized carbons (Fsp3) is 0.316. The van der Waals surface area contributed by atoms with Gasteiger partial charge < -0.3 is 15.3 Å². The van der Waals surface area contributed by atoms with Gasteiger partial charge in [-0.15, -0.1) is 0 Å². The van der Waals surface area contributed by atoms with Crippen LogP contribution in [0.2, 0.25) is 0 Å². The van der Waals surface area contributed by atoms with Gasteiger partial charge in [-0.2, -0.15) is 0 Å². The van der Waals surface area contributed by atoms with Crippen molar-refractivity contribution in [2.45, 2.75) is 38.9 Å². The highest BCUT2D eigenvalue weighted by Crippen LogP contribution is 2.23. The first-order chi connectivity index (χ1) is 12.5. The minimum absolute atomic E-state index is 0.0979. The van der Waals surface area contributed by atoms with E-state index in [0.717, 1.165) is 17.5 Å². The van der Waals surface area contributed by atoms with Gasteiger partial charge in [0, 0.05) is 34.9 Å². The highest BCUT2D eigenvalue weighted by molar-refractivity contribution is 7.99. The molecule has 0 saturated heterocycles. The highest BCUT2D eigenvalue weighted by Gasteiger charge is 2.08. The molecular weight excluding hydrogens is 348 g/mol. The number of benzene rings is 1. The van der Waals surface area contributed by atoms with Crippen molar-refractivity contribution >= 4 is 28.6 Å². The Balaban J connectivity index is 1.59. The second kappa shape index (κ2) is 7.78. The van der Waals surface area contributed by atoms with Gasteiger partial charge in [0.1, 0.15) is 0 Å². The number of H-pyrrole nitrogens is 2. The van der Waals surface area contributed by atoms with Crippen molar-refractivity contribution < 1.29 is 4.79 Å². The lowest BCUT2D eigenvalue weighted by atomic mass is 10.1. The van der Waals surface area contributed by atoms with E-state index in [9.17, 15) is 9.59 Å². The smallest absolute Gasteiger partial charge is 0.251 e. The summed E-state index contributed by atoms with van der Waals surface area (Å²) in [7, 11) is 0. The molecule has 0 atom stereocenters. The summed E-state index contributed by atoms with van der Waals surface area (Å²) in [5.74, 6) is 0.108. The zero-order valence-electron chi connectivity index (χ0n) is 15.1. The lowest BCUT2D eigenvalue weighted by Gasteiger charge is -2.06. The Labute approximate surface area is 155 Å². The van der Waals surface area contributed by atoms with Crippen LogP contribution in [0.4, 0.5) is 0 Å². The number of rotatable bonds is 6. The second-order valence-corrected chi connectivity index (χ2v) is 7.18. The topological polar surface area (TPSA) is 90.6 Å². The van der Waals surface area contributed by atoms with E-state index in [-0.39, 0.29) is 17.2 Å². The Morgan fingerprint density at radius 1 is 1.23 bits per heavy atom. The molecule has 3 rings (SSSR count). The molecule has 2 aromatic heterocycles. The van der Waals surface area contributed by atoms with E-state index in [4.69, 9.17) is 0 Å². The molecule has 7 heteroatoms. The second-order valence-electron chi connectivity index (χ2n) is 6.22. The third-order valence-electron chi connectivity index (χ3n) is 4.26. The predicted molar refractivity (Wildman–Crippen MR) is 105 cm³/mol. The number of carbonyl (C=O) groups excluding carboxylic acids is 1. The third kappa shape index (κ3) is 4.16. The summed E-state index contributed by atoms with van der Waals surface area (Å²) < 4.78 is 0. The summed E-state index contributed by atoms with van der Waals surface area (Å²) in [4.78, 5) is 33.7. The largest absolute Gasteiger partial charge is 0.358 e. The number of aromatic amines is 2. The van der Waals surface area contributed by atoms with Gasteiger partial charge in [-0.1, -0.05) is 24.8 Å². The lowest BCUT2D eigenvalue weighted by Crippen LogP contribution is -2.24. The number of hydrogen-bond donors (Lipinski definition) is 3. The molecule has 26 heavy (non-hydrogen) atoms. The van der Waals surface area contributed by atoms with Crippen LogP contribution in [0.3, 0.4) is 0 Å². The van der Waals surface area contributed by atoms with Gasteiger partial charge in [0.25, 0.3) is 5.56 Å². The molecule has 0 fully saturated rings. The Bertz CT molecular complexity index is 1010. The predicted octanol–water partition coefficient (Wildman–Crippen LogP) is 2.84. The number of aryl methyl sites for hydroxylation is 3. The van der Waals surface area contributed by atoms with E-state index in [2.05, 4.69) is 46.2 Å². The van der Waals surface area contributed by atoms with Crippen LogP contribution in [0.15, 0.2) is 34.2 Å². The number of thioether (sulfide) groups is 1. The van der Waals surface area contributed by atoms with Gasteiger partial charge in [-0.05, 0) is 43.5 Å². The summed E-state index contributed by atoms with van der Waals surface area (Å²) in [6, 6.07) is 7.62. The molecule has 1 amide bonds. The molecular formula is C19H22N4O2S. The van der Waals surface area contributed by atoms with Crippen LogP contribution in [0, 0.1) is 13.8 Å². The first-order valence-corrected chi connectivity index (χ1v) is 9.52. The lowest BCUT2D eigenvalue weighted by molar-refractivity contribution is -0.118. The molecule has 6 nitrogen and oxygen atoms in total. The quantitative estimate of drug-likeness (QED) is 0.460. The number of nitrogens with one attached hydrogen (secondary N) is 3. The standard InChI is InChI=1S/C19H22N4O2S/c1-4-15-12(3)14-8-13(5-6-16(14)22-15)9-20-18(25)10-26-19-21-11(2)7-17(24)23-19/h5-8,22H,4,9-10H2,1-3H3,(H,20,25)(H,21,23,24). The fourth-order valence-corrected chi connectivity index (χ4v) is 3.65. The van der Waals surface area contributed by atoms with Crippen molar-refractivity contribution in [3.63, 3.8) is 0 Å². The zero-order chi connectivity index (χ0) is 18.7. The number of aromatic nitrogens is 3. The van der Waals surface area contributed by atoms with Crippen molar-refractivity contribution in [3.8, 4) is 0 Å². The van der Waals surface area contributed by atoms with Crippen molar-refractivity contribution in [1.82, 2.24) is 20.3 Å². The van der Waals surface area contributed by atoms with E-state index in [1.54, 1.807) is 6.92 Å². The minimum atomic E-state index is -0.206. The fourth-order valence-electron chi connectivity index (χ4n) is 2.90. The van der Waals surface area contributed by atoms with Crippen LogP contribution in [0.25, 0.3) is 10.9 Å². The first-order valence-electron chi connectivity index (χ1n) is 8.53. The molecule has 0 aliphatic heterocycles. The van der Waals surface area contributed by atoms with Crippen molar-refractivity contribution in [1.29, 1.82) is 0 Å². The van der Waals surface area contributed by atoms with Gasteiger partial charge in [-0.25, -0.2) is 4.98 Å². The van der Waals surface area contributed by atoms with E-state index in [1.807, 2.05) is 6.07 Å². The van der Waals surface area contributed by atoms with Crippen LogP contribution in [0.1, 0.15) is 29.4 Å². The van der Waals surface area contributed by atoms with Gasteiger partial charge in [0.2, 0.25) is 5.91 Å². The Morgan fingerprint density at radius 3 is 2.77 bits per heavy atom. The Hall–Kier alpha value is -2.54. The number of hydrogen-bond acceptors (Lipinski definition) is 4. The summed E-state index contributed by atoms with van der Waals surface area (Å²) in [5.41, 5.74) is 5.13. The Kier molecular flexibility index (Phi) is 5.46. The zero-order valence-corrected chi connectivity index (χ0v) is 15.9. The van der Waals surface area contributed by atoms with Gasteiger partial charge in [0.15, 0.2) is 5.16 Å². The summed E-state index contributed by atoms with van der Waals surface area (Å²) in [6.45, 7) is 6.47. The molecule has 0 bridgehead atoms. The number of amides is 1. The maximum absolute atomic E-state index is 12.1. The van der Waals surface area contributed by atoms with Crippen LogP contribution >= 0.6 is 11.8 Å². The molecule has 0 radical (unpaired) electrons. The molecule has 136 valence electrons. The van der Waals surface area contributed by atoms with Crippen LogP contribution in [0.5, 0.6) is 0 Å². The molecule has 0 aliphatic carbocycles. The highest BCUT2D eigenvalue weighted by atomic mass is 32.2. The molecule has 1 aromatic carbocycles.